The van der Waals surface area contributed by atoms with E-state index < -0.39 is 27.3 Å². The van der Waals surface area contributed by atoms with Crippen LogP contribution in [0.4, 0.5) is 13.2 Å². The smallest absolute Gasteiger partial charge is 0.317 e. The van der Waals surface area contributed by atoms with E-state index in [1.165, 1.54) is 0 Å². The second-order valence-electron chi connectivity index (χ2n) is 6.47. The van der Waals surface area contributed by atoms with Crippen molar-refractivity contribution in [1.29, 1.82) is 0 Å². The van der Waals surface area contributed by atoms with Crippen LogP contribution in [0.15, 0.2) is 53.4 Å². The molecule has 1 aliphatic heterocycles. The van der Waals surface area contributed by atoms with Crippen molar-refractivity contribution in [3.8, 4) is 0 Å². The van der Waals surface area contributed by atoms with E-state index in [0.29, 0.717) is 31.0 Å². The minimum atomic E-state index is -4.52. The second kappa shape index (κ2) is 7.43. The third-order valence-electron chi connectivity index (χ3n) is 4.68. The van der Waals surface area contributed by atoms with Gasteiger partial charge in [0.05, 0.1) is 16.0 Å². The number of hydrogen-bond donors (Lipinski definition) is 2. The van der Waals surface area contributed by atoms with Crippen molar-refractivity contribution in [3.63, 3.8) is 0 Å². The molecule has 2 aromatic rings. The van der Waals surface area contributed by atoms with E-state index in [0.717, 1.165) is 29.8 Å². The van der Waals surface area contributed by atoms with Crippen molar-refractivity contribution in [3.05, 3.63) is 64.7 Å². The summed E-state index contributed by atoms with van der Waals surface area (Å²) in [4.78, 5) is -0.206. The molecule has 4 nitrogen and oxygen atoms in total. The molecule has 0 amide bonds. The molecule has 1 fully saturated rings. The summed E-state index contributed by atoms with van der Waals surface area (Å²) in [5, 5.41) is 3.72. The van der Waals surface area contributed by atoms with E-state index in [9.17, 15) is 21.6 Å². The van der Waals surface area contributed by atoms with Gasteiger partial charge in [-0.2, -0.15) is 13.2 Å². The van der Waals surface area contributed by atoms with Gasteiger partial charge in [0.25, 0.3) is 0 Å². The Morgan fingerprint density at radius 3 is 2.04 bits per heavy atom. The minimum absolute atomic E-state index is 0.206. The summed E-state index contributed by atoms with van der Waals surface area (Å²) in [5.74, 6) is 0. The highest BCUT2D eigenvalue weighted by Crippen LogP contribution is 2.34. The van der Waals surface area contributed by atoms with Gasteiger partial charge in [-0.3, -0.25) is 0 Å². The molecular weight excluding hydrogens is 401 g/mol. The molecule has 27 heavy (non-hydrogen) atoms. The summed E-state index contributed by atoms with van der Waals surface area (Å²) in [6.45, 7) is 1.22. The third-order valence-corrected chi connectivity index (χ3v) is 6.48. The van der Waals surface area contributed by atoms with E-state index >= 15 is 0 Å². The molecule has 1 aliphatic rings. The molecule has 3 rings (SSSR count). The first-order valence-electron chi connectivity index (χ1n) is 8.30. The molecule has 0 aromatic heterocycles. The molecule has 0 saturated carbocycles. The van der Waals surface area contributed by atoms with Crippen LogP contribution in [0.2, 0.25) is 5.02 Å². The molecule has 146 valence electrons. The molecule has 0 unspecified atom stereocenters. The van der Waals surface area contributed by atoms with E-state index in [1.807, 2.05) is 0 Å². The Morgan fingerprint density at radius 2 is 1.52 bits per heavy atom. The number of sulfonamides is 1. The fourth-order valence-corrected chi connectivity index (χ4v) is 4.79. The Balaban J connectivity index is 1.94. The Bertz CT molecular complexity index is 892. The quantitative estimate of drug-likeness (QED) is 0.791. The van der Waals surface area contributed by atoms with Crippen LogP contribution in [-0.2, 0) is 21.7 Å². The molecule has 0 bridgehead atoms. The number of halogens is 4. The van der Waals surface area contributed by atoms with Gasteiger partial charge in [-0.15, -0.1) is 0 Å². The standard InChI is InChI=1S/C18H18ClF3N2O2S/c19-15-5-1-13(2-6-15)17(9-11-23-12-10-17)24-27(25,26)16-7-3-14(4-8-16)18(20,21)22/h1-8,23-24H,9-12H2. The second-order valence-corrected chi connectivity index (χ2v) is 8.59. The number of rotatable bonds is 4. The molecule has 2 N–H and O–H groups in total. The van der Waals surface area contributed by atoms with Crippen molar-refractivity contribution >= 4 is 21.6 Å². The molecule has 1 heterocycles. The number of nitrogens with one attached hydrogen (secondary N) is 2. The van der Waals surface area contributed by atoms with Crippen molar-refractivity contribution < 1.29 is 21.6 Å². The van der Waals surface area contributed by atoms with Crippen LogP contribution in [0.3, 0.4) is 0 Å². The van der Waals surface area contributed by atoms with Crippen LogP contribution in [0.5, 0.6) is 0 Å². The zero-order valence-electron chi connectivity index (χ0n) is 14.2. The van der Waals surface area contributed by atoms with Gasteiger partial charge in [-0.05, 0) is 67.9 Å². The summed E-state index contributed by atoms with van der Waals surface area (Å²) in [5.41, 5.74) is -0.975. The average molecular weight is 419 g/mol. The number of benzene rings is 2. The van der Waals surface area contributed by atoms with Gasteiger partial charge in [-0.1, -0.05) is 23.7 Å². The van der Waals surface area contributed by atoms with Crippen LogP contribution in [0.25, 0.3) is 0 Å². The molecule has 0 spiro atoms. The first-order valence-corrected chi connectivity index (χ1v) is 10.2. The first kappa shape index (κ1) is 20.1. The molecule has 9 heteroatoms. The average Bonchev–Trinajstić information content (AvgIpc) is 2.62. The number of alkyl halides is 3. The third kappa shape index (κ3) is 4.45. The van der Waals surface area contributed by atoms with Crippen LogP contribution in [-0.4, -0.2) is 21.5 Å². The minimum Gasteiger partial charge on any atom is -0.317 e. The summed E-state index contributed by atoms with van der Waals surface area (Å²) >= 11 is 5.93. The Kier molecular flexibility index (Phi) is 5.54. The lowest BCUT2D eigenvalue weighted by Crippen LogP contribution is -2.52. The van der Waals surface area contributed by atoms with Gasteiger partial charge in [0.2, 0.25) is 10.0 Å². The SMILES string of the molecule is O=S(=O)(NC1(c2ccc(Cl)cc2)CCNCC1)c1ccc(C(F)(F)F)cc1. The topological polar surface area (TPSA) is 58.2 Å². The van der Waals surface area contributed by atoms with Crippen LogP contribution in [0.1, 0.15) is 24.0 Å². The predicted molar refractivity (Wildman–Crippen MR) is 97.0 cm³/mol. The van der Waals surface area contributed by atoms with Crippen molar-refractivity contribution in [2.24, 2.45) is 0 Å². The normalized spacial score (nSPS) is 17.6. The maximum atomic E-state index is 12.9. The Morgan fingerprint density at radius 1 is 0.963 bits per heavy atom. The van der Waals surface area contributed by atoms with E-state index in [-0.39, 0.29) is 4.90 Å². The highest BCUT2D eigenvalue weighted by atomic mass is 35.5. The maximum Gasteiger partial charge on any atom is 0.416 e. The lowest BCUT2D eigenvalue weighted by molar-refractivity contribution is -0.137. The molecule has 0 atom stereocenters. The number of hydrogen-bond acceptors (Lipinski definition) is 3. The Hall–Kier alpha value is -1.61. The highest BCUT2D eigenvalue weighted by Gasteiger charge is 2.38. The zero-order chi connectivity index (χ0) is 19.7. The maximum absolute atomic E-state index is 12.9. The summed E-state index contributed by atoms with van der Waals surface area (Å²) < 4.78 is 66.6. The van der Waals surface area contributed by atoms with Gasteiger partial charge in [0, 0.05) is 5.02 Å². The molecule has 1 saturated heterocycles. The van der Waals surface area contributed by atoms with Gasteiger partial charge in [0.15, 0.2) is 0 Å². The van der Waals surface area contributed by atoms with Crippen molar-refractivity contribution in [2.75, 3.05) is 13.1 Å². The molecular formula is C18H18ClF3N2O2S. The largest absolute Gasteiger partial charge is 0.416 e. The van der Waals surface area contributed by atoms with E-state index in [1.54, 1.807) is 24.3 Å². The van der Waals surface area contributed by atoms with Gasteiger partial charge in [-0.25, -0.2) is 13.1 Å². The van der Waals surface area contributed by atoms with Crippen LogP contribution < -0.4 is 10.0 Å². The Labute approximate surface area is 160 Å². The van der Waals surface area contributed by atoms with Crippen LogP contribution in [0, 0.1) is 0 Å². The monoisotopic (exact) mass is 418 g/mol. The molecule has 0 radical (unpaired) electrons. The van der Waals surface area contributed by atoms with Gasteiger partial charge in [0.1, 0.15) is 0 Å². The van der Waals surface area contributed by atoms with E-state index in [2.05, 4.69) is 10.0 Å². The van der Waals surface area contributed by atoms with Gasteiger partial charge < -0.3 is 5.32 Å². The molecule has 2 aromatic carbocycles. The van der Waals surface area contributed by atoms with Crippen LogP contribution >= 0.6 is 11.6 Å². The fourth-order valence-electron chi connectivity index (χ4n) is 3.21. The first-order chi connectivity index (χ1) is 12.6. The lowest BCUT2D eigenvalue weighted by atomic mass is 9.82. The fraction of sp³-hybridized carbons (Fsp3) is 0.333. The van der Waals surface area contributed by atoms with E-state index in [4.69, 9.17) is 11.6 Å². The van der Waals surface area contributed by atoms with Gasteiger partial charge >= 0.3 is 6.18 Å². The summed E-state index contributed by atoms with van der Waals surface area (Å²) in [6.07, 6.45) is -3.50. The van der Waals surface area contributed by atoms with Crippen molar-refractivity contribution in [1.82, 2.24) is 10.0 Å². The lowest BCUT2D eigenvalue weighted by Gasteiger charge is -2.38. The van der Waals surface area contributed by atoms with Crippen molar-refractivity contribution in [2.45, 2.75) is 29.5 Å². The summed E-state index contributed by atoms with van der Waals surface area (Å²) in [6, 6.07) is 10.4. The predicted octanol–water partition coefficient (Wildman–Crippen LogP) is 3.92. The highest BCUT2D eigenvalue weighted by molar-refractivity contribution is 7.89. The zero-order valence-corrected chi connectivity index (χ0v) is 15.8. The number of piperidine rings is 1. The molecule has 0 aliphatic carbocycles. The summed E-state index contributed by atoms with van der Waals surface area (Å²) in [7, 11) is -4.02.